The van der Waals surface area contributed by atoms with E-state index in [0.29, 0.717) is 35.7 Å². The summed E-state index contributed by atoms with van der Waals surface area (Å²) in [6, 6.07) is 7.74. The first-order valence-corrected chi connectivity index (χ1v) is 16.5. The van der Waals surface area contributed by atoms with E-state index in [9.17, 15) is 26.7 Å². The molecule has 1 saturated heterocycles. The molecule has 1 atom stereocenters. The molecule has 0 saturated carbocycles. The van der Waals surface area contributed by atoms with E-state index in [2.05, 4.69) is 20.9 Å². The highest BCUT2D eigenvalue weighted by molar-refractivity contribution is 7.88. The number of halogens is 3. The van der Waals surface area contributed by atoms with E-state index in [1.165, 1.54) is 22.0 Å². The van der Waals surface area contributed by atoms with Crippen molar-refractivity contribution in [1.29, 1.82) is 0 Å². The van der Waals surface area contributed by atoms with Gasteiger partial charge in [0.25, 0.3) is 0 Å². The Hall–Kier alpha value is -3.30. The van der Waals surface area contributed by atoms with Crippen LogP contribution in [-0.2, 0) is 42.3 Å². The third-order valence-electron chi connectivity index (χ3n) is 8.84. The fourth-order valence-electron chi connectivity index (χ4n) is 6.62. The van der Waals surface area contributed by atoms with Gasteiger partial charge in [-0.3, -0.25) is 4.68 Å². The maximum absolute atomic E-state index is 13.5. The number of piperidine rings is 1. The van der Waals surface area contributed by atoms with Gasteiger partial charge < -0.3 is 20.7 Å². The van der Waals surface area contributed by atoms with Crippen LogP contribution in [0.2, 0.25) is 0 Å². The largest absolute Gasteiger partial charge is 0.416 e. The molecule has 1 fully saturated rings. The number of nitrogens with two attached hydrogens (primary N) is 1. The predicted molar refractivity (Wildman–Crippen MR) is 160 cm³/mol. The second-order valence-electron chi connectivity index (χ2n) is 11.7. The smallest absolute Gasteiger partial charge is 0.390 e. The molecule has 0 bridgehead atoms. The summed E-state index contributed by atoms with van der Waals surface area (Å²) in [7, 11) is -3.51. The molecule has 2 aliphatic rings. The summed E-state index contributed by atoms with van der Waals surface area (Å²) in [5.41, 5.74) is 9.19. The predicted octanol–water partition coefficient (Wildman–Crippen LogP) is 3.46. The number of nitrogens with zero attached hydrogens (tertiary/aromatic N) is 5. The van der Waals surface area contributed by atoms with E-state index in [0.717, 1.165) is 55.0 Å². The Morgan fingerprint density at radius 3 is 2.64 bits per heavy atom. The Bertz CT molecular complexity index is 1760. The van der Waals surface area contributed by atoms with Crippen LogP contribution < -0.4 is 5.73 Å². The first-order chi connectivity index (χ1) is 20.9. The van der Waals surface area contributed by atoms with E-state index in [-0.39, 0.29) is 31.7 Å². The van der Waals surface area contributed by atoms with E-state index >= 15 is 0 Å². The molecule has 5 heterocycles. The summed E-state index contributed by atoms with van der Waals surface area (Å²) in [5, 5.41) is 17.0. The Morgan fingerprint density at radius 1 is 1.16 bits per heavy atom. The van der Waals surface area contributed by atoms with Crippen LogP contribution in [0.25, 0.3) is 22.3 Å². The molecule has 6 rings (SSSR count). The van der Waals surface area contributed by atoms with Crippen LogP contribution in [-0.4, -0.2) is 81.0 Å². The van der Waals surface area contributed by atoms with E-state index < -0.39 is 27.9 Å². The zero-order valence-electron chi connectivity index (χ0n) is 24.4. The average Bonchev–Trinajstić information content (AvgIpc) is 3.58. The van der Waals surface area contributed by atoms with Crippen molar-refractivity contribution >= 4 is 21.1 Å². The van der Waals surface area contributed by atoms with Gasteiger partial charge >= 0.3 is 6.18 Å². The van der Waals surface area contributed by atoms with Crippen LogP contribution >= 0.6 is 0 Å². The molecule has 1 aromatic carbocycles. The number of nitrogens with one attached hydrogen (secondary N) is 1. The number of aliphatic hydroxyl groups excluding tert-OH is 1. The fourth-order valence-corrected chi connectivity index (χ4v) is 7.40. The summed E-state index contributed by atoms with van der Waals surface area (Å²) in [6.07, 6.45) is 1.93. The van der Waals surface area contributed by atoms with Crippen LogP contribution in [0.15, 0.2) is 42.7 Å². The zero-order chi connectivity index (χ0) is 31.2. The number of hydrogen-bond donors (Lipinski definition) is 3. The van der Waals surface area contributed by atoms with Gasteiger partial charge in [-0.05, 0) is 67.2 Å². The van der Waals surface area contributed by atoms with Crippen molar-refractivity contribution in [3.05, 3.63) is 70.7 Å². The highest BCUT2D eigenvalue weighted by Crippen LogP contribution is 2.37. The molecule has 0 amide bonds. The second kappa shape index (κ2) is 11.9. The minimum atomic E-state index is -4.55. The maximum Gasteiger partial charge on any atom is 0.416 e. The molecule has 236 valence electrons. The van der Waals surface area contributed by atoms with E-state index in [1.54, 1.807) is 10.9 Å². The summed E-state index contributed by atoms with van der Waals surface area (Å²) in [6.45, 7) is 2.27. The van der Waals surface area contributed by atoms with Gasteiger partial charge in [0.05, 0.1) is 30.2 Å². The van der Waals surface area contributed by atoms with Gasteiger partial charge in [-0.2, -0.15) is 22.6 Å². The van der Waals surface area contributed by atoms with E-state index in [1.807, 2.05) is 12.3 Å². The molecule has 2 aliphatic heterocycles. The SMILES string of the molecule is CS(=O)(=O)N1CCc2c(c(-c3ccc(C(F)(F)F)c(CN)c3)nn2CC(O)CN2CCC(c3c[nH]c4ncccc34)CC2)C1. The lowest BCUT2D eigenvalue weighted by Gasteiger charge is -2.33. The zero-order valence-corrected chi connectivity index (χ0v) is 25.2. The van der Waals surface area contributed by atoms with Crippen molar-refractivity contribution in [2.75, 3.05) is 32.4 Å². The third-order valence-corrected chi connectivity index (χ3v) is 10.1. The topological polar surface area (TPSA) is 133 Å². The molecule has 0 spiro atoms. The number of H-pyrrole nitrogens is 1. The number of sulfonamides is 1. The Balaban J connectivity index is 1.20. The standard InChI is InChI=1S/C30H36F3N7O3S/c1-44(42,43)39-12-8-27-25(18-39)28(20-4-5-26(30(31,32)33)21(13-20)14-34)37-40(27)17-22(41)16-38-10-6-19(7-11-38)24-15-36-29-23(24)3-2-9-35-29/h2-5,9,13,15,19,22,41H,6-8,10-12,14,16-18,34H2,1H3,(H,35,36). The lowest BCUT2D eigenvalue weighted by atomic mass is 9.89. The first-order valence-electron chi connectivity index (χ1n) is 14.7. The number of aliphatic hydroxyl groups is 1. The lowest BCUT2D eigenvalue weighted by molar-refractivity contribution is -0.138. The minimum Gasteiger partial charge on any atom is -0.390 e. The van der Waals surface area contributed by atoms with Crippen LogP contribution in [0.3, 0.4) is 0 Å². The van der Waals surface area contributed by atoms with Crippen LogP contribution in [0.1, 0.15) is 46.7 Å². The number of aromatic amines is 1. The molecule has 1 unspecified atom stereocenters. The van der Waals surface area contributed by atoms with Gasteiger partial charge in [0.2, 0.25) is 10.0 Å². The Morgan fingerprint density at radius 2 is 1.93 bits per heavy atom. The molecule has 44 heavy (non-hydrogen) atoms. The number of likely N-dealkylation sites (tertiary alicyclic amines) is 1. The molecule has 14 heteroatoms. The van der Waals surface area contributed by atoms with Gasteiger partial charge in [-0.1, -0.05) is 6.07 Å². The number of aromatic nitrogens is 4. The fraction of sp³-hybridized carbons (Fsp3) is 0.467. The molecule has 4 aromatic rings. The third kappa shape index (κ3) is 6.13. The van der Waals surface area contributed by atoms with Crippen LogP contribution in [0, 0.1) is 0 Å². The molecular formula is C30H36F3N7O3S. The van der Waals surface area contributed by atoms with Crippen molar-refractivity contribution in [3.8, 4) is 11.3 Å². The molecule has 0 radical (unpaired) electrons. The van der Waals surface area contributed by atoms with E-state index in [4.69, 9.17) is 10.8 Å². The molecule has 0 aliphatic carbocycles. The van der Waals surface area contributed by atoms with Gasteiger partial charge in [-0.15, -0.1) is 0 Å². The molecule has 10 nitrogen and oxygen atoms in total. The van der Waals surface area contributed by atoms with Crippen molar-refractivity contribution in [1.82, 2.24) is 29.0 Å². The number of benzene rings is 1. The Kier molecular flexibility index (Phi) is 8.30. The quantitative estimate of drug-likeness (QED) is 0.271. The van der Waals surface area contributed by atoms with Crippen LogP contribution in [0.5, 0.6) is 0 Å². The number of rotatable bonds is 8. The normalized spacial score (nSPS) is 18.1. The minimum absolute atomic E-state index is 0.0510. The molecular weight excluding hydrogens is 595 g/mol. The first kappa shape index (κ1) is 30.7. The van der Waals surface area contributed by atoms with Gasteiger partial charge in [0.15, 0.2) is 0 Å². The summed E-state index contributed by atoms with van der Waals surface area (Å²) < 4.78 is 68.4. The highest BCUT2D eigenvalue weighted by atomic mass is 32.2. The molecule has 4 N–H and O–H groups in total. The number of β-amino-alcohol motifs (C(OH)–C–C–N with tert-alkyl or cyclic N) is 1. The second-order valence-corrected chi connectivity index (χ2v) is 13.7. The van der Waals surface area contributed by atoms with Gasteiger partial charge in [-0.25, -0.2) is 13.4 Å². The van der Waals surface area contributed by atoms with Gasteiger partial charge in [0, 0.05) is 67.2 Å². The summed E-state index contributed by atoms with van der Waals surface area (Å²) in [4.78, 5) is 9.88. The van der Waals surface area contributed by atoms with Crippen molar-refractivity contribution in [2.24, 2.45) is 5.73 Å². The number of alkyl halides is 3. The van der Waals surface area contributed by atoms with Crippen LogP contribution in [0.4, 0.5) is 13.2 Å². The van der Waals surface area contributed by atoms with Crippen molar-refractivity contribution in [2.45, 2.75) is 57.1 Å². The highest BCUT2D eigenvalue weighted by Gasteiger charge is 2.35. The Labute approximate surface area is 253 Å². The summed E-state index contributed by atoms with van der Waals surface area (Å²) in [5.74, 6) is 0.405. The monoisotopic (exact) mass is 631 g/mol. The van der Waals surface area contributed by atoms with Gasteiger partial charge in [0.1, 0.15) is 5.65 Å². The average molecular weight is 632 g/mol. The lowest BCUT2D eigenvalue weighted by Crippen LogP contribution is -2.40. The van der Waals surface area contributed by atoms with Crippen molar-refractivity contribution < 1.29 is 26.7 Å². The number of fused-ring (bicyclic) bond motifs is 2. The number of pyridine rings is 1. The summed E-state index contributed by atoms with van der Waals surface area (Å²) >= 11 is 0. The maximum atomic E-state index is 13.5. The number of hydrogen-bond acceptors (Lipinski definition) is 7. The van der Waals surface area contributed by atoms with Crippen molar-refractivity contribution in [3.63, 3.8) is 0 Å². The molecule has 3 aromatic heterocycles.